The molecule has 0 aromatic heterocycles. The van der Waals surface area contributed by atoms with Gasteiger partial charge in [-0.3, -0.25) is 9.69 Å². The van der Waals surface area contributed by atoms with Crippen molar-refractivity contribution in [1.82, 2.24) is 4.90 Å². The third-order valence-corrected chi connectivity index (χ3v) is 3.67. The molecule has 0 bridgehead atoms. The smallest absolute Gasteiger partial charge is 0.236 e. The van der Waals surface area contributed by atoms with E-state index in [1.165, 1.54) is 6.42 Å². The lowest BCUT2D eigenvalue weighted by Crippen LogP contribution is -2.58. The Labute approximate surface area is 119 Å². The van der Waals surface area contributed by atoms with Gasteiger partial charge in [0.05, 0.1) is 6.04 Å². The van der Waals surface area contributed by atoms with Crippen LogP contribution in [0.4, 0.5) is 0 Å². The molecule has 0 saturated carbocycles. The fourth-order valence-corrected chi connectivity index (χ4v) is 2.66. The number of carbonyl (C=O) groups is 1. The van der Waals surface area contributed by atoms with Crippen LogP contribution < -0.4 is 16.2 Å². The van der Waals surface area contributed by atoms with Gasteiger partial charge in [0, 0.05) is 0 Å². The number of nitrogens with zero attached hydrogens (tertiary/aromatic N) is 1. The number of rotatable bonds is 6. The molecule has 1 amide bonds. The molecule has 5 heteroatoms. The highest BCUT2D eigenvalue weighted by Gasteiger charge is 2.31. The van der Waals surface area contributed by atoms with Crippen LogP contribution in [0, 0.1) is 0 Å². The highest BCUT2D eigenvalue weighted by Crippen LogP contribution is 2.15. The summed E-state index contributed by atoms with van der Waals surface area (Å²) in [6.07, 6.45) is 3.39. The molecular weight excluding hydrogens is 254 g/mol. The number of likely N-dealkylation sites (tertiary alicyclic amines) is 1. The lowest BCUT2D eigenvalue weighted by molar-refractivity contribution is -0.124. The highest BCUT2D eigenvalue weighted by molar-refractivity contribution is 5.80. The van der Waals surface area contributed by atoms with Gasteiger partial charge in [-0.15, -0.1) is 0 Å². The quantitative estimate of drug-likeness (QED) is 0.803. The van der Waals surface area contributed by atoms with Crippen molar-refractivity contribution in [1.29, 1.82) is 0 Å². The first-order chi connectivity index (χ1) is 9.68. The number of primary amides is 1. The van der Waals surface area contributed by atoms with Crippen molar-refractivity contribution in [3.63, 3.8) is 0 Å². The van der Waals surface area contributed by atoms with Crippen LogP contribution in [0.2, 0.25) is 0 Å². The molecule has 2 unspecified atom stereocenters. The maximum Gasteiger partial charge on any atom is 0.236 e. The topological polar surface area (TPSA) is 81.6 Å². The van der Waals surface area contributed by atoms with Gasteiger partial charge in [-0.25, -0.2) is 0 Å². The lowest BCUT2D eigenvalue weighted by Gasteiger charge is -2.35. The monoisotopic (exact) mass is 277 g/mol. The van der Waals surface area contributed by atoms with Crippen LogP contribution in [-0.4, -0.2) is 42.6 Å². The first-order valence-corrected chi connectivity index (χ1v) is 7.15. The van der Waals surface area contributed by atoms with E-state index < -0.39 is 12.1 Å². The molecule has 1 aliphatic rings. The molecule has 20 heavy (non-hydrogen) atoms. The molecule has 1 aromatic rings. The second-order valence-electron chi connectivity index (χ2n) is 5.23. The van der Waals surface area contributed by atoms with Crippen LogP contribution in [0.25, 0.3) is 0 Å². The molecule has 5 nitrogen and oxygen atoms in total. The van der Waals surface area contributed by atoms with Gasteiger partial charge in [0.1, 0.15) is 18.4 Å². The SMILES string of the molecule is NC(=O)C(C(N)COc1ccccc1)N1CCCCC1. The largest absolute Gasteiger partial charge is 0.492 e. The Bertz CT molecular complexity index is 418. The summed E-state index contributed by atoms with van der Waals surface area (Å²) in [6, 6.07) is 8.60. The molecule has 0 radical (unpaired) electrons. The van der Waals surface area contributed by atoms with Gasteiger partial charge in [0.2, 0.25) is 5.91 Å². The first-order valence-electron chi connectivity index (χ1n) is 7.15. The van der Waals surface area contributed by atoms with Gasteiger partial charge >= 0.3 is 0 Å². The zero-order valence-electron chi connectivity index (χ0n) is 11.7. The Hall–Kier alpha value is -1.59. The summed E-state index contributed by atoms with van der Waals surface area (Å²) >= 11 is 0. The Morgan fingerprint density at radius 3 is 2.45 bits per heavy atom. The van der Waals surface area contributed by atoms with Crippen LogP contribution in [0.1, 0.15) is 19.3 Å². The Morgan fingerprint density at radius 2 is 1.85 bits per heavy atom. The van der Waals surface area contributed by atoms with E-state index in [0.29, 0.717) is 0 Å². The minimum atomic E-state index is -0.445. The number of nitrogens with two attached hydrogens (primary N) is 2. The average Bonchev–Trinajstić information content (AvgIpc) is 2.47. The number of carbonyl (C=O) groups excluding carboxylic acids is 1. The summed E-state index contributed by atoms with van der Waals surface area (Å²) in [4.78, 5) is 13.8. The number of hydrogen-bond acceptors (Lipinski definition) is 4. The molecule has 110 valence electrons. The summed E-state index contributed by atoms with van der Waals surface area (Å²) in [5.74, 6) is 0.390. The van der Waals surface area contributed by atoms with Crippen molar-refractivity contribution in [3.8, 4) is 5.75 Å². The van der Waals surface area contributed by atoms with Crippen LogP contribution in [0.5, 0.6) is 5.75 Å². The second-order valence-corrected chi connectivity index (χ2v) is 5.23. The second kappa shape index (κ2) is 7.26. The predicted octanol–water partition coefficient (Wildman–Crippen LogP) is 0.732. The van der Waals surface area contributed by atoms with E-state index in [1.54, 1.807) is 0 Å². The molecule has 0 spiro atoms. The molecule has 2 atom stereocenters. The van der Waals surface area contributed by atoms with Crippen molar-refractivity contribution < 1.29 is 9.53 Å². The van der Waals surface area contributed by atoms with Crippen molar-refractivity contribution >= 4 is 5.91 Å². The highest BCUT2D eigenvalue weighted by atomic mass is 16.5. The van der Waals surface area contributed by atoms with Gasteiger partial charge in [0.15, 0.2) is 0 Å². The van der Waals surface area contributed by atoms with E-state index in [0.717, 1.165) is 31.7 Å². The van der Waals surface area contributed by atoms with E-state index in [4.69, 9.17) is 16.2 Å². The van der Waals surface area contributed by atoms with Crippen molar-refractivity contribution in [2.24, 2.45) is 11.5 Å². The summed E-state index contributed by atoms with van der Waals surface area (Å²) in [6.45, 7) is 2.05. The molecule has 1 aromatic carbocycles. The molecule has 1 aliphatic heterocycles. The number of amides is 1. The zero-order chi connectivity index (χ0) is 14.4. The standard InChI is InChI=1S/C15H23N3O2/c16-13(11-20-12-7-3-1-4-8-12)14(15(17)19)18-9-5-2-6-10-18/h1,3-4,7-8,13-14H,2,5-6,9-11,16H2,(H2,17,19). The Balaban J connectivity index is 1.92. The fourth-order valence-electron chi connectivity index (χ4n) is 2.66. The summed E-state index contributed by atoms with van der Waals surface area (Å²) < 4.78 is 5.63. The number of para-hydroxylation sites is 1. The van der Waals surface area contributed by atoms with Gasteiger partial charge in [0.25, 0.3) is 0 Å². The first kappa shape index (κ1) is 14.8. The van der Waals surface area contributed by atoms with Crippen molar-refractivity contribution in [3.05, 3.63) is 30.3 Å². The van der Waals surface area contributed by atoms with Crippen LogP contribution in [0.15, 0.2) is 30.3 Å². The number of ether oxygens (including phenoxy) is 1. The third-order valence-electron chi connectivity index (χ3n) is 3.67. The minimum Gasteiger partial charge on any atom is -0.492 e. The maximum absolute atomic E-state index is 11.7. The van der Waals surface area contributed by atoms with Crippen LogP contribution in [-0.2, 0) is 4.79 Å². The molecular formula is C15H23N3O2. The maximum atomic E-state index is 11.7. The van der Waals surface area contributed by atoms with Crippen LogP contribution in [0.3, 0.4) is 0 Å². The number of benzene rings is 1. The third kappa shape index (κ3) is 3.95. The Morgan fingerprint density at radius 1 is 1.20 bits per heavy atom. The molecule has 2 rings (SSSR count). The van der Waals surface area contributed by atoms with E-state index in [2.05, 4.69) is 4.90 Å². The van der Waals surface area contributed by atoms with Gasteiger partial charge in [-0.05, 0) is 38.1 Å². The molecule has 0 aliphatic carbocycles. The minimum absolute atomic E-state index is 0.286. The lowest BCUT2D eigenvalue weighted by atomic mass is 10.0. The van der Waals surface area contributed by atoms with Crippen molar-refractivity contribution in [2.45, 2.75) is 31.3 Å². The number of piperidine rings is 1. The summed E-state index contributed by atoms with van der Waals surface area (Å²) in [5.41, 5.74) is 11.7. The fraction of sp³-hybridized carbons (Fsp3) is 0.533. The molecule has 1 heterocycles. The van der Waals surface area contributed by atoms with E-state index in [1.807, 2.05) is 30.3 Å². The molecule has 1 fully saturated rings. The van der Waals surface area contributed by atoms with Gasteiger partial charge < -0.3 is 16.2 Å². The predicted molar refractivity (Wildman–Crippen MR) is 78.3 cm³/mol. The normalized spacial score (nSPS) is 19.2. The average molecular weight is 277 g/mol. The van der Waals surface area contributed by atoms with Crippen LogP contribution >= 0.6 is 0 Å². The van der Waals surface area contributed by atoms with Gasteiger partial charge in [-0.1, -0.05) is 24.6 Å². The zero-order valence-corrected chi connectivity index (χ0v) is 11.7. The Kier molecular flexibility index (Phi) is 5.38. The van der Waals surface area contributed by atoms with E-state index >= 15 is 0 Å². The van der Waals surface area contributed by atoms with E-state index in [-0.39, 0.29) is 12.5 Å². The van der Waals surface area contributed by atoms with Gasteiger partial charge in [-0.2, -0.15) is 0 Å². The summed E-state index contributed by atoms with van der Waals surface area (Å²) in [5, 5.41) is 0. The number of hydrogen-bond donors (Lipinski definition) is 2. The summed E-state index contributed by atoms with van der Waals surface area (Å²) in [7, 11) is 0. The molecule has 1 saturated heterocycles. The van der Waals surface area contributed by atoms with E-state index in [9.17, 15) is 4.79 Å². The molecule has 4 N–H and O–H groups in total. The van der Waals surface area contributed by atoms with Crippen molar-refractivity contribution in [2.75, 3.05) is 19.7 Å².